The smallest absolute Gasteiger partial charge is 0.313 e. The monoisotopic (exact) mass is 1100 g/mol. The Morgan fingerprint density at radius 1 is 0.714 bits per heavy atom. The molecule has 77 heavy (non-hydrogen) atoms. The van der Waals surface area contributed by atoms with Crippen LogP contribution in [0.25, 0.3) is 0 Å². The average Bonchev–Trinajstić information content (AvgIpc) is 3.65. The van der Waals surface area contributed by atoms with Crippen molar-refractivity contribution in [2.45, 2.75) is 249 Å². The number of cyclic esters (lactones) is 1. The van der Waals surface area contributed by atoms with Crippen LogP contribution in [0.5, 0.6) is 0 Å². The van der Waals surface area contributed by atoms with Gasteiger partial charge in [0.05, 0.1) is 37.4 Å². The lowest BCUT2D eigenvalue weighted by Crippen LogP contribution is -2.65. The number of ether oxygens (including phenoxy) is 11. The first-order valence-corrected chi connectivity index (χ1v) is 28.0. The summed E-state index contributed by atoms with van der Waals surface area (Å²) in [5.41, 5.74) is -1.14. The van der Waals surface area contributed by atoms with Gasteiger partial charge in [-0.05, 0) is 93.8 Å². The molecule has 3 saturated carbocycles. The van der Waals surface area contributed by atoms with Gasteiger partial charge in [0, 0.05) is 31.8 Å². The van der Waals surface area contributed by atoms with Crippen molar-refractivity contribution in [3.8, 4) is 0 Å². The molecule has 0 aromatic rings. The van der Waals surface area contributed by atoms with E-state index in [9.17, 15) is 55.5 Å². The second kappa shape index (κ2) is 22.3. The molecule has 9 rings (SSSR count). The predicted octanol–water partition coefficient (Wildman–Crippen LogP) is 0.873. The Labute approximate surface area is 450 Å². The van der Waals surface area contributed by atoms with Crippen LogP contribution in [0.15, 0.2) is 11.6 Å². The number of carbonyl (C=O) groups excluding carboxylic acids is 2. The summed E-state index contributed by atoms with van der Waals surface area (Å²) < 4.78 is 65.7. The first kappa shape index (κ1) is 59.6. The molecular formula is C55H88O22. The summed E-state index contributed by atoms with van der Waals surface area (Å²) in [5, 5.41) is 98.7. The van der Waals surface area contributed by atoms with Crippen molar-refractivity contribution in [1.82, 2.24) is 0 Å². The summed E-state index contributed by atoms with van der Waals surface area (Å²) in [4.78, 5) is 26.8. The third-order valence-electron chi connectivity index (χ3n) is 20.2. The van der Waals surface area contributed by atoms with E-state index in [-0.39, 0.29) is 47.8 Å². The highest BCUT2D eigenvalue weighted by Gasteiger charge is 2.76. The summed E-state index contributed by atoms with van der Waals surface area (Å²) in [7, 11) is 1.23. The Balaban J connectivity index is 0.858. The van der Waals surface area contributed by atoms with E-state index in [1.54, 1.807) is 0 Å². The molecule has 9 aliphatic rings. The number of esters is 2. The second-order valence-electron chi connectivity index (χ2n) is 25.6. The number of allylic oxidation sites excluding steroid dienone is 2. The van der Waals surface area contributed by atoms with Gasteiger partial charge >= 0.3 is 11.9 Å². The van der Waals surface area contributed by atoms with E-state index in [0.29, 0.717) is 31.6 Å². The SMILES string of the molecule is COC1C(O)C(CO)OC(OC2C(O)COC(OC3C(C)OC(OC4C(OC5CCC6(C)C7CCC89C(=O)OC(C)(CC(CC(C)C)OC(C)=O)C8CCC9(C)C7=CCC6C5(C)C)OCC(O)C4O)C(O)C3O)C2O)C1O. The van der Waals surface area contributed by atoms with Crippen molar-refractivity contribution >= 4 is 11.9 Å². The standard InChI is InChI=1S/C55H88O22/c1-24(2)19-27(71-26(4)57)20-54(9)34-14-17-53(8)29-11-12-33-51(5,6)35(15-16-52(33,7)28(29)13-18-55(34,53)50(66)77-54)73-49-45(36(60)30(58)22-69-49)76-47-39(63)38(62)42(25(3)70-47)74-46-40(64)43(31(59)23-68-46)75-48-41(65)44(67-10)37(61)32(21-56)72-48/h11,24-25,27-28,30-49,56,58-65H,12-23H2,1-10H3. The van der Waals surface area contributed by atoms with Gasteiger partial charge in [0.2, 0.25) is 0 Å². The van der Waals surface area contributed by atoms with Crippen LogP contribution in [0.3, 0.4) is 0 Å². The number of rotatable bonds is 15. The molecule has 0 radical (unpaired) electrons. The van der Waals surface area contributed by atoms with Gasteiger partial charge in [-0.3, -0.25) is 9.59 Å². The van der Waals surface area contributed by atoms with E-state index in [1.807, 2.05) is 6.92 Å². The molecule has 4 aliphatic carbocycles. The molecule has 8 fully saturated rings. The lowest BCUT2D eigenvalue weighted by Gasteiger charge is -2.64. The van der Waals surface area contributed by atoms with Crippen LogP contribution in [0.1, 0.15) is 120 Å². The largest absolute Gasteiger partial charge is 0.462 e. The Bertz CT molecular complexity index is 2130. The molecule has 22 heteroatoms. The quantitative estimate of drug-likeness (QED) is 0.0812. The predicted molar refractivity (Wildman–Crippen MR) is 265 cm³/mol. The molecule has 27 unspecified atom stereocenters. The molecule has 1 spiro atoms. The number of aliphatic hydroxyl groups excluding tert-OH is 9. The Morgan fingerprint density at radius 2 is 1.36 bits per heavy atom. The van der Waals surface area contributed by atoms with Gasteiger partial charge in [0.15, 0.2) is 25.2 Å². The van der Waals surface area contributed by atoms with Gasteiger partial charge < -0.3 is 98.1 Å². The van der Waals surface area contributed by atoms with E-state index in [0.717, 1.165) is 32.1 Å². The molecule has 0 aromatic heterocycles. The number of carbonyl (C=O) groups is 2. The van der Waals surface area contributed by atoms with Gasteiger partial charge in [0.25, 0.3) is 0 Å². The topological polar surface area (TPSA) is 318 Å². The third kappa shape index (κ3) is 10.2. The summed E-state index contributed by atoms with van der Waals surface area (Å²) in [6.45, 7) is 16.9. The average molecular weight is 1100 g/mol. The molecule has 5 aliphatic heterocycles. The van der Waals surface area contributed by atoms with E-state index in [2.05, 4.69) is 47.6 Å². The van der Waals surface area contributed by atoms with Crippen molar-refractivity contribution in [1.29, 1.82) is 0 Å². The van der Waals surface area contributed by atoms with Crippen LogP contribution in [-0.2, 0) is 61.7 Å². The zero-order valence-electron chi connectivity index (χ0n) is 46.3. The Hall–Kier alpha value is -2.04. The zero-order chi connectivity index (χ0) is 56.1. The molecule has 5 heterocycles. The Kier molecular flexibility index (Phi) is 17.2. The second-order valence-corrected chi connectivity index (χ2v) is 25.6. The maximum atomic E-state index is 14.6. The highest BCUT2D eigenvalue weighted by Crippen LogP contribution is 2.76. The minimum atomic E-state index is -1.83. The maximum Gasteiger partial charge on any atom is 0.313 e. The van der Waals surface area contributed by atoms with Crippen LogP contribution in [0, 0.1) is 45.3 Å². The van der Waals surface area contributed by atoms with Crippen LogP contribution < -0.4 is 0 Å². The summed E-state index contributed by atoms with van der Waals surface area (Å²) in [6.07, 6.45) is -18.5. The molecule has 0 aromatic carbocycles. The first-order valence-electron chi connectivity index (χ1n) is 28.0. The van der Waals surface area contributed by atoms with Crippen molar-refractivity contribution in [3.05, 3.63) is 11.6 Å². The van der Waals surface area contributed by atoms with E-state index < -0.39 is 152 Å². The van der Waals surface area contributed by atoms with E-state index in [1.165, 1.54) is 26.5 Å². The van der Waals surface area contributed by atoms with E-state index >= 15 is 0 Å². The number of hydrogen-bond acceptors (Lipinski definition) is 22. The summed E-state index contributed by atoms with van der Waals surface area (Å²) in [6, 6.07) is 0. The highest BCUT2D eigenvalue weighted by molar-refractivity contribution is 5.83. The van der Waals surface area contributed by atoms with Crippen LogP contribution in [0.2, 0.25) is 0 Å². The van der Waals surface area contributed by atoms with Crippen LogP contribution in [0.4, 0.5) is 0 Å². The number of methoxy groups -OCH3 is 1. The maximum absolute atomic E-state index is 14.6. The fourth-order valence-corrected chi connectivity index (χ4v) is 16.3. The molecule has 5 saturated heterocycles. The molecular weight excluding hydrogens is 1010 g/mol. The highest BCUT2D eigenvalue weighted by atomic mass is 16.8. The number of hydrogen-bond donors (Lipinski definition) is 9. The fourth-order valence-electron chi connectivity index (χ4n) is 16.3. The van der Waals surface area contributed by atoms with Gasteiger partial charge in [-0.1, -0.05) is 53.2 Å². The number of fused-ring (bicyclic) bond motifs is 4. The molecule has 0 amide bonds. The molecule has 22 nitrogen and oxygen atoms in total. The van der Waals surface area contributed by atoms with Crippen molar-refractivity contribution in [3.63, 3.8) is 0 Å². The molecule has 27 atom stereocenters. The minimum absolute atomic E-state index is 0.0208. The Morgan fingerprint density at radius 3 is 2.04 bits per heavy atom. The van der Waals surface area contributed by atoms with Crippen molar-refractivity contribution in [2.75, 3.05) is 26.9 Å². The normalized spacial score (nSPS) is 50.9. The molecule has 0 bridgehead atoms. The minimum Gasteiger partial charge on any atom is -0.462 e. The lowest BCUT2D eigenvalue weighted by molar-refractivity contribution is -0.382. The van der Waals surface area contributed by atoms with Gasteiger partial charge in [-0.2, -0.15) is 0 Å². The fraction of sp³-hybridized carbons (Fsp3) is 0.927. The van der Waals surface area contributed by atoms with Gasteiger partial charge in [-0.15, -0.1) is 0 Å². The van der Waals surface area contributed by atoms with Crippen molar-refractivity contribution < 1.29 is 108 Å². The van der Waals surface area contributed by atoms with Gasteiger partial charge in [0.1, 0.15) is 91.1 Å². The number of aliphatic hydroxyl groups is 9. The van der Waals surface area contributed by atoms with E-state index in [4.69, 9.17) is 52.1 Å². The first-order chi connectivity index (χ1) is 36.2. The molecule has 440 valence electrons. The lowest BCUT2D eigenvalue weighted by atomic mass is 9.41. The summed E-state index contributed by atoms with van der Waals surface area (Å²) in [5.74, 6) is 0.140. The van der Waals surface area contributed by atoms with Gasteiger partial charge in [-0.25, -0.2) is 0 Å². The zero-order valence-corrected chi connectivity index (χ0v) is 46.3. The van der Waals surface area contributed by atoms with Crippen molar-refractivity contribution in [2.24, 2.45) is 45.3 Å². The van der Waals surface area contributed by atoms with Crippen LogP contribution in [-0.4, -0.2) is 213 Å². The third-order valence-corrected chi connectivity index (χ3v) is 20.2. The van der Waals surface area contributed by atoms with Crippen LogP contribution >= 0.6 is 0 Å². The summed E-state index contributed by atoms with van der Waals surface area (Å²) >= 11 is 0. The molecule has 9 N–H and O–H groups in total.